The number of unbranched alkanes of at least 4 members (excludes halogenated alkanes) is 1. The lowest BCUT2D eigenvalue weighted by atomic mass is 10.0. The summed E-state index contributed by atoms with van der Waals surface area (Å²) in [6.45, 7) is 0.362. The van der Waals surface area contributed by atoms with Crippen LogP contribution in [0.3, 0.4) is 0 Å². The Morgan fingerprint density at radius 3 is 2.70 bits per heavy atom. The summed E-state index contributed by atoms with van der Waals surface area (Å²) in [6.07, 6.45) is 0.996. The van der Waals surface area contributed by atoms with Gasteiger partial charge in [-0.3, -0.25) is 0 Å². The SMILES string of the molecule is N#CCCCOc1cc(C(=O)O)c(N)c2ccccc12. The molecule has 0 aromatic heterocycles. The number of carboxylic acids is 1. The number of hydrogen-bond donors (Lipinski definition) is 2. The number of carbonyl (C=O) groups is 1. The van der Waals surface area contributed by atoms with Crippen LogP contribution in [-0.2, 0) is 0 Å². The molecule has 0 saturated heterocycles. The standard InChI is InChI=1S/C15H14N2O3/c16-7-3-4-8-20-13-9-12(15(18)19)14(17)11-6-2-1-5-10(11)13/h1-2,5-6,9H,3-4,8,17H2,(H,18,19). The molecule has 0 heterocycles. The van der Waals surface area contributed by atoms with E-state index in [2.05, 4.69) is 0 Å². The first-order valence-electron chi connectivity index (χ1n) is 6.19. The van der Waals surface area contributed by atoms with Gasteiger partial charge in [0.15, 0.2) is 0 Å². The topological polar surface area (TPSA) is 96.3 Å². The molecule has 0 amide bonds. The van der Waals surface area contributed by atoms with Crippen LogP contribution >= 0.6 is 0 Å². The highest BCUT2D eigenvalue weighted by molar-refractivity contribution is 6.07. The number of ether oxygens (including phenoxy) is 1. The van der Waals surface area contributed by atoms with Gasteiger partial charge in [0.1, 0.15) is 5.75 Å². The summed E-state index contributed by atoms with van der Waals surface area (Å²) in [5.41, 5.74) is 6.15. The predicted octanol–water partition coefficient (Wildman–Crippen LogP) is 2.80. The number of nitrogens with zero attached hydrogens (tertiary/aromatic N) is 1. The lowest BCUT2D eigenvalue weighted by Crippen LogP contribution is -2.05. The minimum absolute atomic E-state index is 0.0268. The fourth-order valence-electron chi connectivity index (χ4n) is 1.99. The number of hydrogen-bond acceptors (Lipinski definition) is 4. The number of nitriles is 1. The molecule has 0 fully saturated rings. The van der Waals surface area contributed by atoms with Crippen molar-refractivity contribution in [3.8, 4) is 11.8 Å². The van der Waals surface area contributed by atoms with E-state index < -0.39 is 5.97 Å². The van der Waals surface area contributed by atoms with E-state index in [-0.39, 0.29) is 11.3 Å². The third-order valence-electron chi connectivity index (χ3n) is 2.97. The number of nitrogen functional groups attached to an aromatic ring is 1. The second-order valence-corrected chi connectivity index (χ2v) is 4.30. The van der Waals surface area contributed by atoms with E-state index in [0.29, 0.717) is 30.6 Å². The lowest BCUT2D eigenvalue weighted by molar-refractivity contribution is 0.0697. The summed E-state index contributed by atoms with van der Waals surface area (Å²) in [7, 11) is 0. The van der Waals surface area contributed by atoms with Crippen molar-refractivity contribution in [2.24, 2.45) is 0 Å². The zero-order valence-electron chi connectivity index (χ0n) is 10.8. The molecule has 0 saturated carbocycles. The van der Waals surface area contributed by atoms with Crippen LogP contribution in [-0.4, -0.2) is 17.7 Å². The van der Waals surface area contributed by atoms with Gasteiger partial charge in [-0.25, -0.2) is 4.79 Å². The van der Waals surface area contributed by atoms with Gasteiger partial charge in [0, 0.05) is 17.2 Å². The number of aromatic carboxylic acids is 1. The monoisotopic (exact) mass is 270 g/mol. The van der Waals surface area contributed by atoms with Crippen molar-refractivity contribution in [1.82, 2.24) is 0 Å². The van der Waals surface area contributed by atoms with E-state index >= 15 is 0 Å². The molecule has 5 nitrogen and oxygen atoms in total. The number of fused-ring (bicyclic) bond motifs is 1. The molecule has 20 heavy (non-hydrogen) atoms. The van der Waals surface area contributed by atoms with Crippen LogP contribution in [0.1, 0.15) is 23.2 Å². The van der Waals surface area contributed by atoms with Crippen LogP contribution in [0.5, 0.6) is 5.75 Å². The molecule has 0 aliphatic rings. The molecule has 0 radical (unpaired) electrons. The van der Waals surface area contributed by atoms with Crippen molar-refractivity contribution in [3.63, 3.8) is 0 Å². The Morgan fingerprint density at radius 1 is 1.35 bits per heavy atom. The number of anilines is 1. The Morgan fingerprint density at radius 2 is 2.05 bits per heavy atom. The van der Waals surface area contributed by atoms with Gasteiger partial charge in [-0.15, -0.1) is 0 Å². The number of benzene rings is 2. The van der Waals surface area contributed by atoms with Gasteiger partial charge in [-0.05, 0) is 12.5 Å². The minimum Gasteiger partial charge on any atom is -0.493 e. The molecule has 0 atom stereocenters. The van der Waals surface area contributed by atoms with Gasteiger partial charge in [-0.1, -0.05) is 24.3 Å². The smallest absolute Gasteiger partial charge is 0.337 e. The molecule has 2 aromatic rings. The molecule has 2 rings (SSSR count). The number of rotatable bonds is 5. The van der Waals surface area contributed by atoms with Crippen LogP contribution in [0, 0.1) is 11.3 Å². The summed E-state index contributed by atoms with van der Waals surface area (Å²) >= 11 is 0. The average Bonchev–Trinajstić information content (AvgIpc) is 2.45. The van der Waals surface area contributed by atoms with Crippen molar-refractivity contribution < 1.29 is 14.6 Å². The summed E-state index contributed by atoms with van der Waals surface area (Å²) in [6, 6.07) is 10.7. The highest BCUT2D eigenvalue weighted by Gasteiger charge is 2.15. The van der Waals surface area contributed by atoms with Gasteiger partial charge in [0.25, 0.3) is 0 Å². The molecule has 3 N–H and O–H groups in total. The van der Waals surface area contributed by atoms with E-state index in [1.54, 1.807) is 12.1 Å². The molecule has 0 bridgehead atoms. The Bertz CT molecular complexity index is 689. The normalized spacial score (nSPS) is 10.2. The van der Waals surface area contributed by atoms with Crippen molar-refractivity contribution in [1.29, 1.82) is 5.26 Å². The predicted molar refractivity (Wildman–Crippen MR) is 75.7 cm³/mol. The van der Waals surface area contributed by atoms with Gasteiger partial charge < -0.3 is 15.6 Å². The quantitative estimate of drug-likeness (QED) is 0.643. The van der Waals surface area contributed by atoms with Crippen LogP contribution in [0.25, 0.3) is 10.8 Å². The first kappa shape index (κ1) is 13.7. The van der Waals surface area contributed by atoms with Gasteiger partial charge >= 0.3 is 5.97 Å². The van der Waals surface area contributed by atoms with Crippen LogP contribution < -0.4 is 10.5 Å². The van der Waals surface area contributed by atoms with E-state index in [0.717, 1.165) is 5.39 Å². The summed E-state index contributed by atoms with van der Waals surface area (Å²) in [4.78, 5) is 11.2. The summed E-state index contributed by atoms with van der Waals surface area (Å²) < 4.78 is 5.60. The number of carboxylic acid groups (broad SMARTS) is 1. The van der Waals surface area contributed by atoms with Crippen molar-refractivity contribution in [2.75, 3.05) is 12.3 Å². The van der Waals surface area contributed by atoms with Crippen LogP contribution in [0.4, 0.5) is 5.69 Å². The maximum Gasteiger partial charge on any atom is 0.337 e. The minimum atomic E-state index is -1.09. The highest BCUT2D eigenvalue weighted by atomic mass is 16.5. The summed E-state index contributed by atoms with van der Waals surface area (Å²) in [5, 5.41) is 19.1. The largest absolute Gasteiger partial charge is 0.493 e. The molecule has 0 aliphatic heterocycles. The van der Waals surface area contributed by atoms with E-state index in [4.69, 9.17) is 15.7 Å². The zero-order valence-corrected chi connectivity index (χ0v) is 10.8. The Kier molecular flexibility index (Phi) is 4.06. The Hall–Kier alpha value is -2.74. The van der Waals surface area contributed by atoms with Crippen molar-refractivity contribution in [2.45, 2.75) is 12.8 Å². The maximum atomic E-state index is 11.2. The molecule has 0 spiro atoms. The van der Waals surface area contributed by atoms with Gasteiger partial charge in [0.05, 0.1) is 23.9 Å². The lowest BCUT2D eigenvalue weighted by Gasteiger charge is -2.12. The van der Waals surface area contributed by atoms with Gasteiger partial charge in [-0.2, -0.15) is 5.26 Å². The average molecular weight is 270 g/mol. The fourth-order valence-corrected chi connectivity index (χ4v) is 1.99. The second-order valence-electron chi connectivity index (χ2n) is 4.30. The third-order valence-corrected chi connectivity index (χ3v) is 2.97. The van der Waals surface area contributed by atoms with Crippen LogP contribution in [0.2, 0.25) is 0 Å². The Balaban J connectivity index is 2.44. The molecular weight excluding hydrogens is 256 g/mol. The Labute approximate surface area is 116 Å². The molecule has 102 valence electrons. The molecular formula is C15H14N2O3. The first-order chi connectivity index (χ1) is 9.65. The zero-order chi connectivity index (χ0) is 14.5. The molecule has 0 unspecified atom stereocenters. The van der Waals surface area contributed by atoms with Crippen molar-refractivity contribution in [3.05, 3.63) is 35.9 Å². The van der Waals surface area contributed by atoms with E-state index in [1.165, 1.54) is 6.07 Å². The first-order valence-corrected chi connectivity index (χ1v) is 6.19. The van der Waals surface area contributed by atoms with Gasteiger partial charge in [0.2, 0.25) is 0 Å². The van der Waals surface area contributed by atoms with Crippen LogP contribution in [0.15, 0.2) is 30.3 Å². The van der Waals surface area contributed by atoms with E-state index in [9.17, 15) is 9.90 Å². The molecule has 5 heteroatoms. The molecule has 0 aliphatic carbocycles. The second kappa shape index (κ2) is 5.93. The van der Waals surface area contributed by atoms with E-state index in [1.807, 2.05) is 18.2 Å². The highest BCUT2D eigenvalue weighted by Crippen LogP contribution is 2.33. The van der Waals surface area contributed by atoms with Crippen molar-refractivity contribution >= 4 is 22.4 Å². The fraction of sp³-hybridized carbons (Fsp3) is 0.200. The number of nitrogens with two attached hydrogens (primary N) is 1. The summed E-state index contributed by atoms with van der Waals surface area (Å²) in [5.74, 6) is -0.611. The molecule has 2 aromatic carbocycles. The third kappa shape index (κ3) is 2.64. The maximum absolute atomic E-state index is 11.2.